The number of aromatic nitrogens is 2. The molecule has 23 heavy (non-hydrogen) atoms. The summed E-state index contributed by atoms with van der Waals surface area (Å²) in [5.74, 6) is 3.95. The van der Waals surface area contributed by atoms with E-state index in [1.165, 1.54) is 0 Å². The van der Waals surface area contributed by atoms with Crippen molar-refractivity contribution in [3.05, 3.63) is 52.5 Å². The van der Waals surface area contributed by atoms with Gasteiger partial charge in [0.05, 0.1) is 5.52 Å². The van der Waals surface area contributed by atoms with Crippen molar-refractivity contribution in [2.75, 3.05) is 17.4 Å². The molecule has 2 aromatic carbocycles. The maximum atomic E-state index is 13.6. The van der Waals surface area contributed by atoms with Crippen molar-refractivity contribution in [2.45, 2.75) is 0 Å². The fraction of sp³-hybridized carbons (Fsp3) is 0.0667. The Kier molecular flexibility index (Phi) is 4.10. The number of hydrogen-bond acceptors (Lipinski definition) is 5. The second-order valence-corrected chi connectivity index (χ2v) is 5.75. The van der Waals surface area contributed by atoms with E-state index in [4.69, 9.17) is 5.84 Å². The maximum Gasteiger partial charge on any atom is 0.239 e. The Morgan fingerprint density at radius 2 is 1.87 bits per heavy atom. The molecule has 0 saturated carbocycles. The summed E-state index contributed by atoms with van der Waals surface area (Å²) in [6, 6.07) is 9.59. The van der Waals surface area contributed by atoms with E-state index in [1.54, 1.807) is 11.9 Å². The number of nitrogens with one attached hydrogen (secondary N) is 1. The number of benzene rings is 2. The molecular weight excluding hydrogens is 368 g/mol. The van der Waals surface area contributed by atoms with Gasteiger partial charge in [-0.3, -0.25) is 5.43 Å². The Hall–Kier alpha value is -2.32. The first-order chi connectivity index (χ1) is 11.0. The highest BCUT2D eigenvalue weighted by atomic mass is 79.9. The molecule has 0 saturated heterocycles. The van der Waals surface area contributed by atoms with Crippen molar-refractivity contribution in [2.24, 2.45) is 5.84 Å². The van der Waals surface area contributed by atoms with Crippen LogP contribution in [0.25, 0.3) is 10.9 Å². The zero-order chi connectivity index (χ0) is 16.6. The number of nitrogens with two attached hydrogens (primary N) is 1. The molecule has 3 aromatic rings. The summed E-state index contributed by atoms with van der Waals surface area (Å²) in [5, 5.41) is 0.380. The van der Waals surface area contributed by atoms with Gasteiger partial charge in [-0.05, 0) is 24.3 Å². The largest absolute Gasteiger partial charge is 0.329 e. The van der Waals surface area contributed by atoms with Crippen LogP contribution in [0.4, 0.5) is 26.2 Å². The van der Waals surface area contributed by atoms with E-state index in [1.807, 2.05) is 24.3 Å². The second-order valence-electron chi connectivity index (χ2n) is 4.84. The molecule has 0 fully saturated rings. The van der Waals surface area contributed by atoms with Gasteiger partial charge in [0.2, 0.25) is 5.95 Å². The van der Waals surface area contributed by atoms with Crippen LogP contribution in [0.3, 0.4) is 0 Å². The van der Waals surface area contributed by atoms with Crippen molar-refractivity contribution < 1.29 is 8.78 Å². The molecule has 0 aliphatic rings. The Labute approximate surface area is 139 Å². The van der Waals surface area contributed by atoms with Crippen molar-refractivity contribution >= 4 is 44.3 Å². The Balaban J connectivity index is 2.24. The summed E-state index contributed by atoms with van der Waals surface area (Å²) < 4.78 is 28.0. The van der Waals surface area contributed by atoms with Gasteiger partial charge in [0.25, 0.3) is 0 Å². The zero-order valence-electron chi connectivity index (χ0n) is 12.0. The van der Waals surface area contributed by atoms with Crippen LogP contribution in [0, 0.1) is 11.6 Å². The number of hydrogen-bond donors (Lipinski definition) is 2. The van der Waals surface area contributed by atoms with Crippen LogP contribution in [-0.2, 0) is 0 Å². The van der Waals surface area contributed by atoms with Crippen molar-refractivity contribution in [3.63, 3.8) is 0 Å². The van der Waals surface area contributed by atoms with Crippen molar-refractivity contribution in [1.29, 1.82) is 0 Å². The summed E-state index contributed by atoms with van der Waals surface area (Å²) in [7, 11) is 1.77. The fourth-order valence-corrected chi connectivity index (χ4v) is 2.62. The van der Waals surface area contributed by atoms with E-state index in [2.05, 4.69) is 31.3 Å². The highest BCUT2D eigenvalue weighted by Crippen LogP contribution is 2.31. The average molecular weight is 380 g/mol. The van der Waals surface area contributed by atoms with Crippen LogP contribution in [-0.4, -0.2) is 17.0 Å². The standard InChI is InChI=1S/C15H12BrF2N5/c1-23(9-4-2-3-8(16)5-9)14-10-6-11(17)12(18)7-13(10)20-15(21-14)22-19/h2-7H,19H2,1H3,(H,20,21,22). The van der Waals surface area contributed by atoms with E-state index >= 15 is 0 Å². The minimum Gasteiger partial charge on any atom is -0.329 e. The fourth-order valence-electron chi connectivity index (χ4n) is 2.23. The van der Waals surface area contributed by atoms with Crippen LogP contribution >= 0.6 is 15.9 Å². The molecule has 118 valence electrons. The summed E-state index contributed by atoms with van der Waals surface area (Å²) in [4.78, 5) is 10.1. The first kappa shape index (κ1) is 15.6. The Morgan fingerprint density at radius 3 is 2.57 bits per heavy atom. The van der Waals surface area contributed by atoms with Crippen molar-refractivity contribution in [3.8, 4) is 0 Å². The van der Waals surface area contributed by atoms with Gasteiger partial charge in [0.1, 0.15) is 5.82 Å². The topological polar surface area (TPSA) is 67.1 Å². The highest BCUT2D eigenvalue weighted by Gasteiger charge is 2.16. The number of halogens is 3. The lowest BCUT2D eigenvalue weighted by molar-refractivity contribution is 0.510. The molecule has 0 spiro atoms. The number of nitrogen functional groups attached to an aromatic ring is 1. The van der Waals surface area contributed by atoms with Crippen LogP contribution in [0.2, 0.25) is 0 Å². The lowest BCUT2D eigenvalue weighted by atomic mass is 10.2. The van der Waals surface area contributed by atoms with Crippen molar-refractivity contribution in [1.82, 2.24) is 9.97 Å². The van der Waals surface area contributed by atoms with Gasteiger partial charge in [-0.2, -0.15) is 4.98 Å². The van der Waals surface area contributed by atoms with E-state index in [-0.39, 0.29) is 11.5 Å². The first-order valence-corrected chi connectivity index (χ1v) is 7.41. The molecule has 0 unspecified atom stereocenters. The minimum absolute atomic E-state index is 0.111. The van der Waals surface area contributed by atoms with Gasteiger partial charge in [0, 0.05) is 28.7 Å². The number of rotatable bonds is 3. The van der Waals surface area contributed by atoms with Crippen LogP contribution in [0.5, 0.6) is 0 Å². The number of hydrazine groups is 1. The third-order valence-corrected chi connectivity index (χ3v) is 3.85. The molecular formula is C15H12BrF2N5. The monoisotopic (exact) mass is 379 g/mol. The van der Waals surface area contributed by atoms with Gasteiger partial charge in [-0.15, -0.1) is 0 Å². The maximum absolute atomic E-state index is 13.6. The summed E-state index contributed by atoms with van der Waals surface area (Å²) in [6.45, 7) is 0. The van der Waals surface area contributed by atoms with Crippen LogP contribution in [0.15, 0.2) is 40.9 Å². The quantitative estimate of drug-likeness (QED) is 0.536. The summed E-state index contributed by atoms with van der Waals surface area (Å²) in [5.41, 5.74) is 3.40. The van der Waals surface area contributed by atoms with E-state index in [0.29, 0.717) is 11.2 Å². The number of nitrogens with zero attached hydrogens (tertiary/aromatic N) is 3. The van der Waals surface area contributed by atoms with Gasteiger partial charge >= 0.3 is 0 Å². The lowest BCUT2D eigenvalue weighted by Gasteiger charge is -2.21. The molecule has 0 bridgehead atoms. The normalized spacial score (nSPS) is 10.8. The zero-order valence-corrected chi connectivity index (χ0v) is 13.6. The van der Waals surface area contributed by atoms with E-state index in [0.717, 1.165) is 22.3 Å². The molecule has 1 aromatic heterocycles. The predicted molar refractivity (Wildman–Crippen MR) is 89.5 cm³/mol. The van der Waals surface area contributed by atoms with Gasteiger partial charge in [-0.25, -0.2) is 19.6 Å². The van der Waals surface area contributed by atoms with Gasteiger partial charge in [0.15, 0.2) is 11.6 Å². The average Bonchev–Trinajstić information content (AvgIpc) is 2.54. The molecule has 0 aliphatic carbocycles. The molecule has 0 aliphatic heterocycles. The molecule has 8 heteroatoms. The third-order valence-electron chi connectivity index (χ3n) is 3.36. The molecule has 5 nitrogen and oxygen atoms in total. The second kappa shape index (κ2) is 6.05. The number of anilines is 3. The highest BCUT2D eigenvalue weighted by molar-refractivity contribution is 9.10. The Bertz CT molecular complexity index is 887. The van der Waals surface area contributed by atoms with Crippen LogP contribution < -0.4 is 16.2 Å². The number of fused-ring (bicyclic) bond motifs is 1. The lowest BCUT2D eigenvalue weighted by Crippen LogP contribution is -2.16. The SMILES string of the molecule is CN(c1cccc(Br)c1)c1nc(NN)nc2cc(F)c(F)cc12. The molecule has 1 heterocycles. The van der Waals surface area contributed by atoms with E-state index < -0.39 is 11.6 Å². The minimum atomic E-state index is -0.977. The molecule has 0 atom stereocenters. The Morgan fingerprint density at radius 1 is 1.13 bits per heavy atom. The molecule has 3 rings (SSSR count). The van der Waals surface area contributed by atoms with Gasteiger partial charge < -0.3 is 4.90 Å². The molecule has 0 radical (unpaired) electrons. The van der Waals surface area contributed by atoms with Crippen LogP contribution in [0.1, 0.15) is 0 Å². The predicted octanol–water partition coefficient (Wildman–Crippen LogP) is 3.72. The van der Waals surface area contributed by atoms with E-state index in [9.17, 15) is 8.78 Å². The van der Waals surface area contributed by atoms with Gasteiger partial charge in [-0.1, -0.05) is 22.0 Å². The third kappa shape index (κ3) is 2.95. The smallest absolute Gasteiger partial charge is 0.239 e. The summed E-state index contributed by atoms with van der Waals surface area (Å²) >= 11 is 3.40. The molecule has 3 N–H and O–H groups in total. The summed E-state index contributed by atoms with van der Waals surface area (Å²) in [6.07, 6.45) is 0. The first-order valence-electron chi connectivity index (χ1n) is 6.62. The molecule has 0 amide bonds.